The Morgan fingerprint density at radius 3 is 2.70 bits per heavy atom. The number of esters is 2. The summed E-state index contributed by atoms with van der Waals surface area (Å²) in [6, 6.07) is -3.18. The van der Waals surface area contributed by atoms with Gasteiger partial charge in [-0.15, -0.1) is 4.28 Å². The molecule has 14 heteroatoms. The standard InChI is InChI=1S/C13H16N4O9S/c1-3-25-9(18)6-15-4-7-8-5-16(11(10(7)14-15)12(19)24-2)13(20)17(8)26-27(21,22)23/h4,8,11H,3,5-6H2,1-2H3,(H,21,22,23). The van der Waals surface area contributed by atoms with Crippen LogP contribution >= 0.6 is 0 Å². The number of nitrogens with zero attached hydrogens (tertiary/aromatic N) is 4. The second-order valence-electron chi connectivity index (χ2n) is 5.68. The predicted molar refractivity (Wildman–Crippen MR) is 82.9 cm³/mol. The van der Waals surface area contributed by atoms with Crippen molar-refractivity contribution in [3.63, 3.8) is 0 Å². The van der Waals surface area contributed by atoms with Crippen LogP contribution in [0, 0.1) is 0 Å². The van der Waals surface area contributed by atoms with Crippen molar-refractivity contribution in [2.24, 2.45) is 0 Å². The van der Waals surface area contributed by atoms with Crippen LogP contribution in [0.1, 0.15) is 30.3 Å². The lowest BCUT2D eigenvalue weighted by molar-refractivity contribution is -0.146. The zero-order valence-electron chi connectivity index (χ0n) is 14.3. The summed E-state index contributed by atoms with van der Waals surface area (Å²) in [5, 5.41) is 4.59. The highest BCUT2D eigenvalue weighted by molar-refractivity contribution is 7.80. The molecule has 1 aromatic heterocycles. The van der Waals surface area contributed by atoms with Crippen molar-refractivity contribution in [3.8, 4) is 0 Å². The van der Waals surface area contributed by atoms with Crippen molar-refractivity contribution in [2.45, 2.75) is 25.6 Å². The molecule has 1 saturated heterocycles. The third kappa shape index (κ3) is 3.45. The Hall–Kier alpha value is -2.71. The molecule has 2 atom stereocenters. The zero-order valence-corrected chi connectivity index (χ0v) is 15.1. The Morgan fingerprint density at radius 2 is 2.11 bits per heavy atom. The van der Waals surface area contributed by atoms with Gasteiger partial charge in [0.05, 0.1) is 20.3 Å². The number of amides is 2. The molecule has 1 fully saturated rings. The second-order valence-corrected chi connectivity index (χ2v) is 6.68. The minimum Gasteiger partial charge on any atom is -0.467 e. The fourth-order valence-electron chi connectivity index (χ4n) is 3.06. The first-order valence-corrected chi connectivity index (χ1v) is 9.10. The van der Waals surface area contributed by atoms with Gasteiger partial charge in [0.2, 0.25) is 0 Å². The van der Waals surface area contributed by atoms with Crippen LogP contribution in [0.5, 0.6) is 0 Å². The van der Waals surface area contributed by atoms with E-state index in [0.29, 0.717) is 5.06 Å². The number of carbonyl (C=O) groups excluding carboxylic acids is 3. The largest absolute Gasteiger partial charge is 0.467 e. The number of ether oxygens (including phenoxy) is 2. The Bertz CT molecular complexity index is 896. The third-order valence-corrected chi connectivity index (χ3v) is 4.38. The molecule has 2 unspecified atom stereocenters. The van der Waals surface area contributed by atoms with Gasteiger partial charge in [-0.05, 0) is 6.92 Å². The molecule has 0 radical (unpaired) electrons. The van der Waals surface area contributed by atoms with Gasteiger partial charge in [0, 0.05) is 11.8 Å². The molecule has 27 heavy (non-hydrogen) atoms. The summed E-state index contributed by atoms with van der Waals surface area (Å²) in [4.78, 5) is 37.3. The first kappa shape index (κ1) is 19.1. The van der Waals surface area contributed by atoms with Crippen molar-refractivity contribution in [1.82, 2.24) is 19.7 Å². The van der Waals surface area contributed by atoms with Gasteiger partial charge in [0.1, 0.15) is 18.3 Å². The third-order valence-electron chi connectivity index (χ3n) is 4.03. The molecule has 1 N–H and O–H groups in total. The monoisotopic (exact) mass is 404 g/mol. The quantitative estimate of drug-likeness (QED) is 0.469. The highest BCUT2D eigenvalue weighted by Crippen LogP contribution is 2.44. The molecule has 0 saturated carbocycles. The summed E-state index contributed by atoms with van der Waals surface area (Å²) in [7, 11) is -3.86. The van der Waals surface area contributed by atoms with Gasteiger partial charge in [0.25, 0.3) is 0 Å². The maximum absolute atomic E-state index is 12.4. The number of hydrogen-bond acceptors (Lipinski definition) is 9. The topological polar surface area (TPSA) is 158 Å². The summed E-state index contributed by atoms with van der Waals surface area (Å²) in [5.41, 5.74) is 0.387. The summed E-state index contributed by atoms with van der Waals surface area (Å²) in [6.45, 7) is 1.45. The van der Waals surface area contributed by atoms with E-state index in [9.17, 15) is 22.8 Å². The molecule has 2 bridgehead atoms. The molecule has 2 amide bonds. The summed E-state index contributed by atoms with van der Waals surface area (Å²) >= 11 is 0. The van der Waals surface area contributed by atoms with Crippen LogP contribution in [-0.4, -0.2) is 70.9 Å². The van der Waals surface area contributed by atoms with Crippen LogP contribution in [0.3, 0.4) is 0 Å². The van der Waals surface area contributed by atoms with Gasteiger partial charge < -0.3 is 14.4 Å². The van der Waals surface area contributed by atoms with Gasteiger partial charge in [-0.1, -0.05) is 0 Å². The molecule has 2 aliphatic rings. The second kappa shape index (κ2) is 6.79. The van der Waals surface area contributed by atoms with Crippen LogP contribution in [-0.2, 0) is 40.3 Å². The molecule has 3 rings (SSSR count). The molecule has 0 spiro atoms. The van der Waals surface area contributed by atoms with E-state index in [1.807, 2.05) is 0 Å². The zero-order chi connectivity index (χ0) is 19.9. The van der Waals surface area contributed by atoms with Crippen molar-refractivity contribution in [3.05, 3.63) is 17.5 Å². The van der Waals surface area contributed by atoms with Gasteiger partial charge in [-0.25, -0.2) is 9.59 Å². The van der Waals surface area contributed by atoms with Gasteiger partial charge in [-0.2, -0.15) is 18.6 Å². The van der Waals surface area contributed by atoms with E-state index in [1.165, 1.54) is 10.9 Å². The minimum atomic E-state index is -4.98. The van der Waals surface area contributed by atoms with Crippen LogP contribution in [0.2, 0.25) is 0 Å². The summed E-state index contributed by atoms with van der Waals surface area (Å²) in [6.07, 6.45) is 1.38. The van der Waals surface area contributed by atoms with Crippen molar-refractivity contribution in [2.75, 3.05) is 20.3 Å². The van der Waals surface area contributed by atoms with Crippen LogP contribution in [0.15, 0.2) is 6.20 Å². The van der Waals surface area contributed by atoms with E-state index in [0.717, 1.165) is 12.0 Å². The molecular formula is C13H16N4O9S. The van der Waals surface area contributed by atoms with Crippen molar-refractivity contribution < 1.29 is 41.1 Å². The summed E-state index contributed by atoms with van der Waals surface area (Å²) in [5.74, 6) is -1.38. The van der Waals surface area contributed by atoms with E-state index < -0.39 is 40.5 Å². The Labute approximate surface area is 153 Å². The first-order valence-electron chi connectivity index (χ1n) is 7.73. The fourth-order valence-corrected chi connectivity index (χ4v) is 3.43. The number of rotatable bonds is 6. The van der Waals surface area contributed by atoms with E-state index in [4.69, 9.17) is 14.0 Å². The fraction of sp³-hybridized carbons (Fsp3) is 0.538. The van der Waals surface area contributed by atoms with Crippen LogP contribution in [0.25, 0.3) is 0 Å². The lowest BCUT2D eigenvalue weighted by atomic mass is 9.98. The Morgan fingerprint density at radius 1 is 1.41 bits per heavy atom. The van der Waals surface area contributed by atoms with Gasteiger partial charge in [0.15, 0.2) is 6.04 Å². The average Bonchev–Trinajstić information content (AvgIpc) is 3.09. The highest BCUT2D eigenvalue weighted by Gasteiger charge is 2.54. The normalized spacial score (nSPS) is 21.2. The minimum absolute atomic E-state index is 0.105. The molecule has 3 heterocycles. The van der Waals surface area contributed by atoms with E-state index in [2.05, 4.69) is 9.38 Å². The molecule has 0 aliphatic carbocycles. The average molecular weight is 404 g/mol. The lowest BCUT2D eigenvalue weighted by Gasteiger charge is -2.27. The lowest BCUT2D eigenvalue weighted by Crippen LogP contribution is -2.39. The number of methoxy groups -OCH3 is 1. The maximum atomic E-state index is 12.4. The maximum Gasteiger partial charge on any atom is 0.418 e. The van der Waals surface area contributed by atoms with Gasteiger partial charge >= 0.3 is 28.4 Å². The number of hydroxylamine groups is 2. The first-order chi connectivity index (χ1) is 12.7. The number of urea groups is 1. The SMILES string of the molecule is CCOC(=O)Cn1cc2c(n1)C(C(=O)OC)N1CC2N(OS(=O)(=O)O)C1=O. The predicted octanol–water partition coefficient (Wildman–Crippen LogP) is -0.813. The Balaban J connectivity index is 2.02. The highest BCUT2D eigenvalue weighted by atomic mass is 32.3. The van der Waals surface area contributed by atoms with E-state index in [-0.39, 0.29) is 31.0 Å². The van der Waals surface area contributed by atoms with Crippen molar-refractivity contribution >= 4 is 28.4 Å². The molecule has 13 nitrogen and oxygen atoms in total. The molecule has 148 valence electrons. The molecule has 1 aromatic rings. The number of aromatic nitrogens is 2. The number of carbonyl (C=O) groups is 3. The summed E-state index contributed by atoms with van der Waals surface area (Å²) < 4.78 is 46.2. The number of hydrogen-bond donors (Lipinski definition) is 1. The Kier molecular flexibility index (Phi) is 4.79. The van der Waals surface area contributed by atoms with E-state index in [1.54, 1.807) is 6.92 Å². The van der Waals surface area contributed by atoms with Crippen LogP contribution < -0.4 is 0 Å². The molecular weight excluding hydrogens is 388 g/mol. The van der Waals surface area contributed by atoms with Crippen LogP contribution in [0.4, 0.5) is 4.79 Å². The molecule has 0 aromatic carbocycles. The molecule has 2 aliphatic heterocycles. The number of fused-ring (bicyclic) bond motifs is 4. The van der Waals surface area contributed by atoms with E-state index >= 15 is 0 Å². The smallest absolute Gasteiger partial charge is 0.418 e. The van der Waals surface area contributed by atoms with Gasteiger partial charge in [-0.3, -0.25) is 14.0 Å². The van der Waals surface area contributed by atoms with Crippen molar-refractivity contribution in [1.29, 1.82) is 0 Å².